The second-order valence-corrected chi connectivity index (χ2v) is 9.27. The zero-order chi connectivity index (χ0) is 24.9. The van der Waals surface area contributed by atoms with E-state index in [2.05, 4.69) is 15.0 Å². The van der Waals surface area contributed by atoms with E-state index in [0.717, 1.165) is 36.2 Å². The molecule has 34 heavy (non-hydrogen) atoms. The monoisotopic (exact) mass is 501 g/mol. The summed E-state index contributed by atoms with van der Waals surface area (Å²) in [5.74, 6) is -2.58. The van der Waals surface area contributed by atoms with Gasteiger partial charge in [-0.05, 0) is 56.1 Å². The smallest absolute Gasteiger partial charge is 0.319 e. The number of aliphatic hydroxyl groups is 2. The number of unbranched alkanes of at least 4 members (excludes halogenated alkanes) is 1. The Kier molecular flexibility index (Phi) is 8.57. The van der Waals surface area contributed by atoms with Crippen molar-refractivity contribution in [3.63, 3.8) is 0 Å². The van der Waals surface area contributed by atoms with Crippen molar-refractivity contribution in [3.8, 4) is 5.88 Å². The Morgan fingerprint density at radius 3 is 2.74 bits per heavy atom. The van der Waals surface area contributed by atoms with E-state index in [9.17, 15) is 28.6 Å². The highest BCUT2D eigenvalue weighted by molar-refractivity contribution is 7.11. The van der Waals surface area contributed by atoms with Crippen LogP contribution in [-0.2, 0) is 0 Å². The number of likely N-dealkylation sites (tertiary alicyclic amines) is 1. The lowest BCUT2D eigenvalue weighted by molar-refractivity contribution is 0.0572. The Morgan fingerprint density at radius 1 is 1.35 bits per heavy atom. The third-order valence-corrected chi connectivity index (χ3v) is 6.45. The average molecular weight is 502 g/mol. The van der Waals surface area contributed by atoms with Gasteiger partial charge in [0, 0.05) is 19.6 Å². The zero-order valence-corrected chi connectivity index (χ0v) is 19.5. The molecule has 0 saturated carbocycles. The highest BCUT2D eigenvalue weighted by Gasteiger charge is 2.34. The molecular weight excluding hydrogens is 472 g/mol. The fourth-order valence-electron chi connectivity index (χ4n) is 3.67. The molecule has 4 unspecified atom stereocenters. The maximum Gasteiger partial charge on any atom is 0.319 e. The number of hydrogen-bond donors (Lipinski definition) is 5. The predicted octanol–water partition coefficient (Wildman–Crippen LogP) is 1.33. The number of anilines is 1. The Balaban J connectivity index is 1.47. The van der Waals surface area contributed by atoms with Crippen LogP contribution in [0.3, 0.4) is 0 Å². The number of alkyl halides is 1. The van der Waals surface area contributed by atoms with Crippen LogP contribution in [0.2, 0.25) is 0 Å². The highest BCUT2D eigenvalue weighted by atomic mass is 32.1. The predicted molar refractivity (Wildman–Crippen MR) is 122 cm³/mol. The third-order valence-electron chi connectivity index (χ3n) is 5.71. The van der Waals surface area contributed by atoms with Crippen LogP contribution in [0.15, 0.2) is 24.1 Å². The quantitative estimate of drug-likeness (QED) is 0.304. The van der Waals surface area contributed by atoms with Crippen molar-refractivity contribution in [1.82, 2.24) is 14.6 Å². The van der Waals surface area contributed by atoms with Gasteiger partial charge in [0.25, 0.3) is 5.91 Å². The number of carbonyl (C=O) groups excluding carboxylic acids is 2. The summed E-state index contributed by atoms with van der Waals surface area (Å²) in [5.41, 5.74) is 3.43. The summed E-state index contributed by atoms with van der Waals surface area (Å²) >= 11 is 0.782. The lowest BCUT2D eigenvalue weighted by Gasteiger charge is -2.27. The van der Waals surface area contributed by atoms with Crippen LogP contribution < -0.4 is 21.1 Å². The molecule has 13 heteroatoms. The number of carbonyl (C=O) groups is 2. The number of rotatable bonds is 10. The molecule has 1 fully saturated rings. The van der Waals surface area contributed by atoms with Gasteiger partial charge in [0.1, 0.15) is 22.1 Å². The molecule has 2 aliphatic rings. The molecule has 0 bridgehead atoms. The molecule has 3 rings (SSSR count). The normalized spacial score (nSPS) is 26.9. The molecule has 1 aromatic rings. The van der Waals surface area contributed by atoms with Gasteiger partial charge in [0.05, 0.1) is 24.7 Å². The number of hydrogen-bond acceptors (Lipinski definition) is 8. The summed E-state index contributed by atoms with van der Waals surface area (Å²) in [4.78, 5) is 26.1. The second-order valence-electron chi connectivity index (χ2n) is 8.49. The van der Waals surface area contributed by atoms with E-state index in [-0.39, 0.29) is 23.1 Å². The average Bonchev–Trinajstić information content (AvgIpc) is 3.30. The van der Waals surface area contributed by atoms with E-state index in [0.29, 0.717) is 32.6 Å². The molecule has 4 atom stereocenters. The van der Waals surface area contributed by atoms with E-state index in [1.54, 1.807) is 0 Å². The fraction of sp³-hybridized carbons (Fsp3) is 0.571. The number of ether oxygens (including phenoxy) is 1. The molecule has 1 aliphatic heterocycles. The summed E-state index contributed by atoms with van der Waals surface area (Å²) in [7, 11) is 0. The number of urea groups is 1. The zero-order valence-electron chi connectivity index (χ0n) is 18.7. The van der Waals surface area contributed by atoms with Gasteiger partial charge in [0.15, 0.2) is 0 Å². The van der Waals surface area contributed by atoms with Crippen molar-refractivity contribution in [2.24, 2.45) is 11.7 Å². The van der Waals surface area contributed by atoms with Gasteiger partial charge in [-0.3, -0.25) is 15.0 Å². The second kappa shape index (κ2) is 11.2. The van der Waals surface area contributed by atoms with Crippen LogP contribution in [0.4, 0.5) is 18.6 Å². The number of halogens is 2. The molecule has 10 nitrogen and oxygen atoms in total. The topological polar surface area (TPSA) is 150 Å². The summed E-state index contributed by atoms with van der Waals surface area (Å²) < 4.78 is 37.5. The molecule has 3 amide bonds. The minimum Gasteiger partial charge on any atom is -0.476 e. The summed E-state index contributed by atoms with van der Waals surface area (Å²) in [5, 5.41) is 24.3. The first-order valence-electron chi connectivity index (χ1n) is 10.9. The van der Waals surface area contributed by atoms with Gasteiger partial charge in [0.2, 0.25) is 5.88 Å². The minimum atomic E-state index is -1.84. The van der Waals surface area contributed by atoms with E-state index in [1.807, 2.05) is 4.90 Å². The number of primary amides is 1. The molecule has 1 aromatic heterocycles. The fourth-order valence-corrected chi connectivity index (χ4v) is 4.41. The van der Waals surface area contributed by atoms with E-state index in [4.69, 9.17) is 10.5 Å². The van der Waals surface area contributed by atoms with Gasteiger partial charge in [-0.1, -0.05) is 0 Å². The molecular formula is C21H29F2N5O5S. The van der Waals surface area contributed by atoms with Gasteiger partial charge in [-0.25, -0.2) is 13.6 Å². The third kappa shape index (κ3) is 6.72. The molecule has 2 heterocycles. The number of amides is 3. The number of nitrogens with one attached hydrogen (secondary N) is 2. The van der Waals surface area contributed by atoms with Crippen LogP contribution in [0.1, 0.15) is 30.1 Å². The Morgan fingerprint density at radius 2 is 2.06 bits per heavy atom. The molecule has 188 valence electrons. The van der Waals surface area contributed by atoms with Crippen molar-refractivity contribution in [2.75, 3.05) is 38.1 Å². The largest absolute Gasteiger partial charge is 0.476 e. The molecule has 0 aromatic carbocycles. The number of β-amino-alcohol motifs (C(OH)–C–C–N with tert-alkyl or cyclic N) is 2. The Hall–Kier alpha value is -2.61. The van der Waals surface area contributed by atoms with Crippen molar-refractivity contribution >= 4 is 28.5 Å². The number of aliphatic hydroxyl groups excluding tert-OH is 2. The minimum absolute atomic E-state index is 0.0771. The Labute approximate surface area is 199 Å². The summed E-state index contributed by atoms with van der Waals surface area (Å²) in [6.45, 7) is 2.90. The van der Waals surface area contributed by atoms with E-state index >= 15 is 0 Å². The number of nitrogens with zero attached hydrogens (tertiary/aromatic N) is 2. The first-order chi connectivity index (χ1) is 16.1. The van der Waals surface area contributed by atoms with Crippen LogP contribution in [0, 0.1) is 5.92 Å². The maximum absolute atomic E-state index is 14.6. The van der Waals surface area contributed by atoms with Gasteiger partial charge in [-0.2, -0.15) is 4.37 Å². The summed E-state index contributed by atoms with van der Waals surface area (Å²) in [6, 6.07) is -0.566. The maximum atomic E-state index is 14.6. The van der Waals surface area contributed by atoms with E-state index < -0.39 is 41.6 Å². The molecule has 0 radical (unpaired) electrons. The SMILES string of the molecule is CC1(F)C=CC(F)=CC1COc1nsc(NC(=O)NCCCCN2CC(O)C(O)C2)c1C(N)=O. The first kappa shape index (κ1) is 26.0. The summed E-state index contributed by atoms with van der Waals surface area (Å²) in [6.07, 6.45) is 3.20. The van der Waals surface area contributed by atoms with Crippen molar-refractivity contribution in [2.45, 2.75) is 37.6 Å². The molecule has 1 aliphatic carbocycles. The molecule has 6 N–H and O–H groups in total. The van der Waals surface area contributed by atoms with Crippen molar-refractivity contribution in [1.29, 1.82) is 0 Å². The van der Waals surface area contributed by atoms with Gasteiger partial charge in [-0.15, -0.1) is 0 Å². The number of nitrogens with two attached hydrogens (primary N) is 1. The van der Waals surface area contributed by atoms with Crippen LogP contribution >= 0.6 is 11.5 Å². The van der Waals surface area contributed by atoms with Gasteiger partial charge < -0.3 is 26.0 Å². The van der Waals surface area contributed by atoms with E-state index in [1.165, 1.54) is 6.92 Å². The van der Waals surface area contributed by atoms with Crippen molar-refractivity contribution < 1.29 is 33.3 Å². The Bertz CT molecular complexity index is 944. The van der Waals surface area contributed by atoms with Crippen LogP contribution in [0.5, 0.6) is 5.88 Å². The lowest BCUT2D eigenvalue weighted by Crippen LogP contribution is -2.33. The highest BCUT2D eigenvalue weighted by Crippen LogP contribution is 2.34. The molecule has 1 saturated heterocycles. The lowest BCUT2D eigenvalue weighted by atomic mass is 9.87. The van der Waals surface area contributed by atoms with Crippen LogP contribution in [0.25, 0.3) is 0 Å². The standard InChI is InChI=1S/C21H29F2N5O5S/c1-21(23)5-4-13(22)8-12(21)11-33-18-16(17(24)31)19(34-27-18)26-20(32)25-6-2-3-7-28-9-14(29)15(30)10-28/h4-5,8,12,14-15,29-30H,2-3,6-7,9-11H2,1H3,(H2,24,31)(H2,25,26,32). The van der Waals surface area contributed by atoms with Gasteiger partial charge >= 0.3 is 6.03 Å². The number of allylic oxidation sites excluding steroid dienone is 3. The number of aromatic nitrogens is 1. The van der Waals surface area contributed by atoms with Crippen LogP contribution in [-0.4, -0.2) is 82.1 Å². The first-order valence-corrected chi connectivity index (χ1v) is 11.6. The molecule has 0 spiro atoms. The van der Waals surface area contributed by atoms with Crippen molar-refractivity contribution in [3.05, 3.63) is 29.6 Å².